The van der Waals surface area contributed by atoms with Crippen molar-refractivity contribution >= 4 is 24.7 Å². The van der Waals surface area contributed by atoms with E-state index in [1.807, 2.05) is 84.9 Å². The summed E-state index contributed by atoms with van der Waals surface area (Å²) in [5.74, 6) is 0.450. The standard InChI is InChI=1S/C82H108O11Si/c1-65(85-59-67-38-22-15-23-39-67)37-21-14-32-48-74(92-81-80(90-63-70-44-28-18-29-45-70)79(89-62-69-42-26-17-27-43-69)78(77(93-81)64-86-66(2)83)88-61-68-40-24-16-25-41-68)47-31-13-11-9-7-8-10-12-30-46-73(87-60-71-53-55-72(84-6)56-54-71)57-58-91-94(82(3,4)5,75-49-33-19-34-50-75)76-51-35-20-36-52-76/h15-20,22-29,33-36,38-45,49-56,65,73-74,77-81H,7-14,21,30-32,37,46-48,57-64H2,1-6H3/t65-,73-,74+,77-,78-,79+,80-,81-/m1/s1. The average Bonchev–Trinajstić information content (AvgIpc) is 0.755. The molecule has 8 rings (SSSR count). The molecule has 0 aromatic heterocycles. The molecule has 0 saturated carbocycles. The minimum Gasteiger partial charge on any atom is -0.497 e. The Hall–Kier alpha value is -6.29. The zero-order valence-electron chi connectivity index (χ0n) is 57.2. The predicted octanol–water partition coefficient (Wildman–Crippen LogP) is 17.8. The van der Waals surface area contributed by atoms with E-state index < -0.39 is 45.0 Å². The van der Waals surface area contributed by atoms with Crippen molar-refractivity contribution in [2.24, 2.45) is 0 Å². The molecule has 1 aliphatic heterocycles. The second-order valence-electron chi connectivity index (χ2n) is 26.5. The third-order valence-corrected chi connectivity index (χ3v) is 23.2. The first-order valence-corrected chi connectivity index (χ1v) is 36.9. The highest BCUT2D eigenvalue weighted by Gasteiger charge is 2.51. The molecule has 0 spiro atoms. The summed E-state index contributed by atoms with van der Waals surface area (Å²) in [6.45, 7) is 13.3. The number of rotatable bonds is 44. The van der Waals surface area contributed by atoms with Crippen molar-refractivity contribution in [1.82, 2.24) is 0 Å². The van der Waals surface area contributed by atoms with Gasteiger partial charge in [-0.25, -0.2) is 0 Å². The van der Waals surface area contributed by atoms with Crippen LogP contribution in [0.1, 0.15) is 172 Å². The van der Waals surface area contributed by atoms with Crippen LogP contribution in [0.25, 0.3) is 0 Å². The number of carbonyl (C=O) groups is 1. The maximum absolute atomic E-state index is 12.5. The van der Waals surface area contributed by atoms with Gasteiger partial charge in [0.25, 0.3) is 8.32 Å². The Balaban J connectivity index is 0.883. The van der Waals surface area contributed by atoms with Crippen LogP contribution in [0.15, 0.2) is 206 Å². The summed E-state index contributed by atoms with van der Waals surface area (Å²) in [5.41, 5.74) is 5.38. The number of carbonyl (C=O) groups excluding carboxylic acids is 1. The van der Waals surface area contributed by atoms with E-state index in [-0.39, 0.29) is 30.0 Å². The summed E-state index contributed by atoms with van der Waals surface area (Å²) in [7, 11) is -0.973. The molecule has 1 aliphatic rings. The number of hydrogen-bond acceptors (Lipinski definition) is 11. The second kappa shape index (κ2) is 41.0. The molecule has 1 fully saturated rings. The van der Waals surface area contributed by atoms with Crippen LogP contribution in [0.5, 0.6) is 5.75 Å². The van der Waals surface area contributed by atoms with E-state index in [0.717, 1.165) is 98.6 Å². The Morgan fingerprint density at radius 1 is 0.447 bits per heavy atom. The fourth-order valence-electron chi connectivity index (χ4n) is 12.9. The number of ether oxygens (including phenoxy) is 9. The lowest BCUT2D eigenvalue weighted by molar-refractivity contribution is -0.335. The molecule has 0 aliphatic carbocycles. The van der Waals surface area contributed by atoms with Gasteiger partial charge in [-0.1, -0.05) is 292 Å². The third-order valence-electron chi connectivity index (χ3n) is 18.1. The van der Waals surface area contributed by atoms with Gasteiger partial charge < -0.3 is 47.1 Å². The third kappa shape index (κ3) is 24.7. The lowest BCUT2D eigenvalue weighted by Crippen LogP contribution is -2.66. The fourth-order valence-corrected chi connectivity index (χ4v) is 17.4. The quantitative estimate of drug-likeness (QED) is 0.0207. The smallest absolute Gasteiger partial charge is 0.302 e. The van der Waals surface area contributed by atoms with Crippen LogP contribution >= 0.6 is 0 Å². The number of esters is 1. The maximum Gasteiger partial charge on any atom is 0.302 e. The SMILES string of the molecule is COc1ccc(CO[C@H](CCCCCCCCCCC[C@@H](CCCCC[C@@H](C)OCc2ccccc2)O[C@@H]2O[C@H](COC(C)=O)[C@@H](OCc3ccccc3)[C@H](OCc3ccccc3)[C@H]2OCc2ccccc2)CCO[Si](c2ccccc2)(c2ccccc2)C(C)(C)C)cc1. The first kappa shape index (κ1) is 73.5. The van der Waals surface area contributed by atoms with Crippen molar-refractivity contribution < 1.29 is 51.9 Å². The van der Waals surface area contributed by atoms with E-state index in [0.29, 0.717) is 39.6 Å². The van der Waals surface area contributed by atoms with Gasteiger partial charge in [0.1, 0.15) is 36.8 Å². The Morgan fingerprint density at radius 3 is 1.31 bits per heavy atom. The molecule has 8 atom stereocenters. The summed E-state index contributed by atoms with van der Waals surface area (Å²) in [5, 5.41) is 2.50. The number of unbranched alkanes of at least 4 members (excludes halogenated alkanes) is 10. The lowest BCUT2D eigenvalue weighted by atomic mass is 9.97. The van der Waals surface area contributed by atoms with Gasteiger partial charge in [-0.15, -0.1) is 0 Å². The summed E-state index contributed by atoms with van der Waals surface area (Å²) in [6, 6.07) is 70.9. The van der Waals surface area contributed by atoms with Crippen LogP contribution in [0.4, 0.5) is 0 Å². The van der Waals surface area contributed by atoms with Gasteiger partial charge in [-0.2, -0.15) is 0 Å². The van der Waals surface area contributed by atoms with Crippen molar-refractivity contribution in [1.29, 1.82) is 0 Å². The van der Waals surface area contributed by atoms with E-state index >= 15 is 0 Å². The van der Waals surface area contributed by atoms with E-state index in [1.165, 1.54) is 61.4 Å². The highest BCUT2D eigenvalue weighted by Crippen LogP contribution is 2.38. The van der Waals surface area contributed by atoms with Crippen molar-refractivity contribution in [3.8, 4) is 5.75 Å². The van der Waals surface area contributed by atoms with Crippen molar-refractivity contribution in [3.05, 3.63) is 234 Å². The molecule has 0 bridgehead atoms. The van der Waals surface area contributed by atoms with Gasteiger partial charge in [-0.05, 0) is 94.4 Å². The number of hydrogen-bond donors (Lipinski definition) is 0. The van der Waals surface area contributed by atoms with Gasteiger partial charge in [0.15, 0.2) is 6.29 Å². The summed E-state index contributed by atoms with van der Waals surface area (Å²) >= 11 is 0. The molecular weight excluding hydrogens is 1190 g/mol. The number of benzene rings is 7. The molecule has 1 heterocycles. The Kier molecular flexibility index (Phi) is 32.0. The van der Waals surface area contributed by atoms with Crippen LogP contribution in [-0.2, 0) is 80.1 Å². The van der Waals surface area contributed by atoms with Gasteiger partial charge >= 0.3 is 5.97 Å². The minimum absolute atomic E-state index is 0.0269. The van der Waals surface area contributed by atoms with Crippen LogP contribution < -0.4 is 15.1 Å². The van der Waals surface area contributed by atoms with Crippen LogP contribution in [0.2, 0.25) is 5.04 Å². The fraction of sp³-hybridized carbons (Fsp3) is 0.476. The second-order valence-corrected chi connectivity index (χ2v) is 30.8. The monoisotopic (exact) mass is 1300 g/mol. The molecule has 1 saturated heterocycles. The van der Waals surface area contributed by atoms with Crippen LogP contribution in [0, 0.1) is 0 Å². The Labute approximate surface area is 564 Å². The first-order valence-electron chi connectivity index (χ1n) is 35.0. The van der Waals surface area contributed by atoms with E-state index in [4.69, 9.17) is 47.1 Å². The molecule has 12 heteroatoms. The van der Waals surface area contributed by atoms with Crippen molar-refractivity contribution in [2.75, 3.05) is 20.3 Å². The molecule has 506 valence electrons. The maximum atomic E-state index is 12.5. The summed E-state index contributed by atoms with van der Waals surface area (Å²) < 4.78 is 66.8. The molecule has 0 amide bonds. The molecule has 0 N–H and O–H groups in total. The highest BCUT2D eigenvalue weighted by molar-refractivity contribution is 6.99. The first-order chi connectivity index (χ1) is 46.0. The minimum atomic E-state index is -2.68. The van der Waals surface area contributed by atoms with Crippen LogP contribution in [-0.4, -0.2) is 83.6 Å². The van der Waals surface area contributed by atoms with E-state index in [9.17, 15) is 4.79 Å². The normalized spacial score (nSPS) is 17.7. The largest absolute Gasteiger partial charge is 0.497 e. The zero-order valence-corrected chi connectivity index (χ0v) is 58.2. The molecule has 0 radical (unpaired) electrons. The Bertz CT molecular complexity index is 3040. The topological polar surface area (TPSA) is 109 Å². The summed E-state index contributed by atoms with van der Waals surface area (Å²) in [4.78, 5) is 12.5. The summed E-state index contributed by atoms with van der Waals surface area (Å²) in [6.07, 6.45) is 14.7. The van der Waals surface area contributed by atoms with Gasteiger partial charge in [-0.3, -0.25) is 4.79 Å². The van der Waals surface area contributed by atoms with Crippen molar-refractivity contribution in [2.45, 2.75) is 231 Å². The molecular formula is C82H108O11Si. The number of methoxy groups -OCH3 is 1. The molecule has 0 unspecified atom stereocenters. The van der Waals surface area contributed by atoms with Gasteiger partial charge in [0.2, 0.25) is 0 Å². The highest BCUT2D eigenvalue weighted by atomic mass is 28.4. The molecule has 94 heavy (non-hydrogen) atoms. The van der Waals surface area contributed by atoms with Gasteiger partial charge in [0, 0.05) is 13.5 Å². The van der Waals surface area contributed by atoms with Gasteiger partial charge in [0.05, 0.1) is 58.5 Å². The molecule has 7 aromatic carbocycles. The van der Waals surface area contributed by atoms with Crippen LogP contribution in [0.3, 0.4) is 0 Å². The Morgan fingerprint density at radius 2 is 0.840 bits per heavy atom. The lowest BCUT2D eigenvalue weighted by Gasteiger charge is -2.46. The molecule has 11 nitrogen and oxygen atoms in total. The predicted molar refractivity (Wildman–Crippen MR) is 380 cm³/mol. The van der Waals surface area contributed by atoms with E-state index in [2.05, 4.69) is 149 Å². The molecule has 7 aromatic rings. The van der Waals surface area contributed by atoms with E-state index in [1.54, 1.807) is 7.11 Å². The zero-order chi connectivity index (χ0) is 65.9. The van der Waals surface area contributed by atoms with Crippen molar-refractivity contribution in [3.63, 3.8) is 0 Å². The average molecular weight is 1300 g/mol.